The van der Waals surface area contributed by atoms with Gasteiger partial charge in [0.25, 0.3) is 0 Å². The maximum absolute atomic E-state index is 13.3. The van der Waals surface area contributed by atoms with Crippen LogP contribution in [0.1, 0.15) is 25.0 Å². The molecule has 1 saturated heterocycles. The summed E-state index contributed by atoms with van der Waals surface area (Å²) in [7, 11) is 0. The second kappa shape index (κ2) is 8.58. The zero-order valence-corrected chi connectivity index (χ0v) is 18.0. The van der Waals surface area contributed by atoms with Crippen molar-refractivity contribution < 1.29 is 18.0 Å². The van der Waals surface area contributed by atoms with E-state index in [1.807, 2.05) is 26.0 Å². The van der Waals surface area contributed by atoms with E-state index in [9.17, 15) is 23.2 Å². The van der Waals surface area contributed by atoms with Gasteiger partial charge in [0.2, 0.25) is 0 Å². The van der Waals surface area contributed by atoms with Crippen LogP contribution in [0, 0.1) is 11.3 Å². The molecule has 0 spiro atoms. The summed E-state index contributed by atoms with van der Waals surface area (Å²) in [5.74, 6) is 0. The maximum atomic E-state index is 13.3. The van der Waals surface area contributed by atoms with Gasteiger partial charge < -0.3 is 15.1 Å². The van der Waals surface area contributed by atoms with Crippen molar-refractivity contribution in [2.45, 2.75) is 32.1 Å². The van der Waals surface area contributed by atoms with E-state index in [0.29, 0.717) is 24.2 Å². The lowest BCUT2D eigenvalue weighted by molar-refractivity contribution is -0.137. The fourth-order valence-corrected chi connectivity index (χ4v) is 4.17. The topological polar surface area (TPSA) is 85.2 Å². The van der Waals surface area contributed by atoms with Gasteiger partial charge in [-0.3, -0.25) is 9.97 Å². The number of aromatic nitrogens is 2. The quantitative estimate of drug-likeness (QED) is 0.609. The maximum Gasteiger partial charge on any atom is 0.418 e. The molecule has 2 atom stereocenters. The number of halogens is 3. The van der Waals surface area contributed by atoms with Gasteiger partial charge in [-0.1, -0.05) is 0 Å². The number of carbonyl (C=O) groups is 1. The van der Waals surface area contributed by atoms with Gasteiger partial charge in [0, 0.05) is 48.6 Å². The molecule has 33 heavy (non-hydrogen) atoms. The van der Waals surface area contributed by atoms with E-state index in [0.717, 1.165) is 29.5 Å². The van der Waals surface area contributed by atoms with Crippen molar-refractivity contribution in [3.05, 3.63) is 60.0 Å². The second-order valence-electron chi connectivity index (χ2n) is 8.00. The third-order valence-electron chi connectivity index (χ3n) is 5.79. The van der Waals surface area contributed by atoms with Crippen LogP contribution in [0.3, 0.4) is 0 Å². The summed E-state index contributed by atoms with van der Waals surface area (Å²) in [6.07, 6.45) is -0.928. The van der Waals surface area contributed by atoms with Crippen LogP contribution >= 0.6 is 0 Å². The number of nitrogens with zero attached hydrogens (tertiary/aromatic N) is 5. The Bertz CT molecular complexity index is 1240. The number of anilines is 2. The molecule has 0 aliphatic carbocycles. The molecular weight excluding hydrogens is 433 g/mol. The predicted molar refractivity (Wildman–Crippen MR) is 118 cm³/mol. The van der Waals surface area contributed by atoms with E-state index in [1.54, 1.807) is 18.3 Å². The molecule has 10 heteroatoms. The Kier molecular flexibility index (Phi) is 5.80. The number of urea groups is 1. The highest BCUT2D eigenvalue weighted by atomic mass is 19.4. The number of fused-ring (bicyclic) bond motifs is 1. The molecule has 3 aromatic rings. The number of amides is 2. The molecule has 1 aromatic carbocycles. The third-order valence-corrected chi connectivity index (χ3v) is 5.79. The first-order chi connectivity index (χ1) is 15.7. The Morgan fingerprint density at radius 2 is 1.94 bits per heavy atom. The number of alkyl halides is 3. The van der Waals surface area contributed by atoms with Crippen molar-refractivity contribution in [1.82, 2.24) is 14.9 Å². The van der Waals surface area contributed by atoms with Crippen molar-refractivity contribution in [2.24, 2.45) is 0 Å². The summed E-state index contributed by atoms with van der Waals surface area (Å²) in [5, 5.41) is 12.6. The lowest BCUT2D eigenvalue weighted by atomic mass is 10.0. The number of rotatable bonds is 2. The summed E-state index contributed by atoms with van der Waals surface area (Å²) < 4.78 is 39.8. The first-order valence-electron chi connectivity index (χ1n) is 10.3. The van der Waals surface area contributed by atoms with Crippen molar-refractivity contribution in [1.29, 1.82) is 5.26 Å². The smallest absolute Gasteiger partial charge is 0.364 e. The fourth-order valence-electron chi connectivity index (χ4n) is 4.17. The molecule has 1 aliphatic rings. The van der Waals surface area contributed by atoms with Gasteiger partial charge in [0.05, 0.1) is 28.5 Å². The molecule has 3 heterocycles. The monoisotopic (exact) mass is 454 g/mol. The number of benzene rings is 1. The Labute approximate surface area is 188 Å². The Balaban J connectivity index is 1.57. The van der Waals surface area contributed by atoms with Crippen LogP contribution in [0.4, 0.5) is 29.3 Å². The predicted octanol–water partition coefficient (Wildman–Crippen LogP) is 4.65. The summed E-state index contributed by atoms with van der Waals surface area (Å²) in [6, 6.07) is 9.26. The second-order valence-corrected chi connectivity index (χ2v) is 8.00. The molecule has 1 aliphatic heterocycles. The Morgan fingerprint density at radius 1 is 1.15 bits per heavy atom. The van der Waals surface area contributed by atoms with Crippen LogP contribution < -0.4 is 10.2 Å². The van der Waals surface area contributed by atoms with Crippen molar-refractivity contribution in [3.8, 4) is 6.07 Å². The highest BCUT2D eigenvalue weighted by molar-refractivity contribution is 5.96. The van der Waals surface area contributed by atoms with Gasteiger partial charge in [-0.05, 0) is 44.2 Å². The molecule has 1 fully saturated rings. The standard InChI is InChI=1S/C23H21F3N6O/c1-14-13-32(22(33)30-19-11-28-9-7-18(19)23(24,25)26)15(2)12-31(14)20-6-5-16(10-27)21-17(20)4-3-8-29-21/h3-9,11,14-15H,12-13H2,1-2H3,(H,30,33)/t14-,15+/m0/s1. The Morgan fingerprint density at radius 3 is 2.67 bits per heavy atom. The van der Waals surface area contributed by atoms with E-state index >= 15 is 0 Å². The first-order valence-corrected chi connectivity index (χ1v) is 10.3. The van der Waals surface area contributed by atoms with Crippen LogP contribution in [0.2, 0.25) is 0 Å². The molecule has 170 valence electrons. The fraction of sp³-hybridized carbons (Fsp3) is 0.304. The summed E-state index contributed by atoms with van der Waals surface area (Å²) in [4.78, 5) is 24.6. The SMILES string of the molecule is C[C@@H]1CN(c2ccc(C#N)c3ncccc23)[C@@H](C)CN1C(=O)Nc1cnccc1C(F)(F)F. The normalized spacial score (nSPS) is 18.8. The van der Waals surface area contributed by atoms with Gasteiger partial charge in [-0.2, -0.15) is 18.4 Å². The number of hydrogen-bond donors (Lipinski definition) is 1. The molecule has 0 unspecified atom stereocenters. The Hall–Kier alpha value is -3.87. The number of carbonyl (C=O) groups excluding carboxylic acids is 1. The summed E-state index contributed by atoms with van der Waals surface area (Å²) in [5.41, 5.74) is 0.657. The van der Waals surface area contributed by atoms with Crippen LogP contribution in [-0.2, 0) is 6.18 Å². The van der Waals surface area contributed by atoms with Crippen molar-refractivity contribution >= 4 is 28.3 Å². The average molecular weight is 454 g/mol. The van der Waals surface area contributed by atoms with E-state index in [2.05, 4.69) is 26.3 Å². The molecular formula is C23H21F3N6O. The van der Waals surface area contributed by atoms with Gasteiger partial charge in [-0.25, -0.2) is 4.79 Å². The first kappa shape index (κ1) is 22.3. The number of pyridine rings is 2. The number of nitrogens with one attached hydrogen (secondary N) is 1. The molecule has 4 rings (SSSR count). The highest BCUT2D eigenvalue weighted by Gasteiger charge is 2.36. The van der Waals surface area contributed by atoms with Crippen LogP contribution in [0.15, 0.2) is 48.9 Å². The molecule has 0 saturated carbocycles. The molecule has 1 N–H and O–H groups in total. The van der Waals surface area contributed by atoms with Gasteiger partial charge in [0.15, 0.2) is 0 Å². The lowest BCUT2D eigenvalue weighted by Crippen LogP contribution is -2.59. The zero-order chi connectivity index (χ0) is 23.8. The van der Waals surface area contributed by atoms with Gasteiger partial charge >= 0.3 is 12.2 Å². The average Bonchev–Trinajstić information content (AvgIpc) is 2.79. The van der Waals surface area contributed by atoms with E-state index in [4.69, 9.17) is 0 Å². The largest absolute Gasteiger partial charge is 0.418 e. The van der Waals surface area contributed by atoms with Crippen LogP contribution in [0.5, 0.6) is 0 Å². The van der Waals surface area contributed by atoms with Crippen molar-refractivity contribution in [2.75, 3.05) is 23.3 Å². The number of piperazine rings is 1. The minimum absolute atomic E-state index is 0.126. The minimum atomic E-state index is -4.60. The van der Waals surface area contributed by atoms with Crippen LogP contribution in [-0.4, -0.2) is 46.1 Å². The van der Waals surface area contributed by atoms with Gasteiger partial charge in [0.1, 0.15) is 6.07 Å². The molecule has 2 amide bonds. The molecule has 2 aromatic heterocycles. The molecule has 0 radical (unpaired) electrons. The van der Waals surface area contributed by atoms with E-state index < -0.39 is 17.8 Å². The van der Waals surface area contributed by atoms with Gasteiger partial charge in [-0.15, -0.1) is 0 Å². The minimum Gasteiger partial charge on any atom is -0.364 e. The molecule has 7 nitrogen and oxygen atoms in total. The molecule has 0 bridgehead atoms. The van der Waals surface area contributed by atoms with Crippen LogP contribution in [0.25, 0.3) is 10.9 Å². The lowest BCUT2D eigenvalue weighted by Gasteiger charge is -2.45. The third kappa shape index (κ3) is 4.26. The van der Waals surface area contributed by atoms with Crippen molar-refractivity contribution in [3.63, 3.8) is 0 Å². The van der Waals surface area contributed by atoms with E-state index in [1.165, 1.54) is 4.90 Å². The summed E-state index contributed by atoms with van der Waals surface area (Å²) >= 11 is 0. The zero-order valence-electron chi connectivity index (χ0n) is 18.0. The number of hydrogen-bond acceptors (Lipinski definition) is 5. The summed E-state index contributed by atoms with van der Waals surface area (Å²) in [6.45, 7) is 4.55. The number of nitriles is 1. The van der Waals surface area contributed by atoms with E-state index in [-0.39, 0.29) is 17.8 Å². The highest BCUT2D eigenvalue weighted by Crippen LogP contribution is 2.35.